The van der Waals surface area contributed by atoms with Gasteiger partial charge in [0, 0.05) is 29.1 Å². The van der Waals surface area contributed by atoms with E-state index in [9.17, 15) is 14.8 Å². The molecule has 4 nitrogen and oxygen atoms in total. The highest BCUT2D eigenvalue weighted by atomic mass is 35.5. The number of benzene rings is 1. The third-order valence-corrected chi connectivity index (χ3v) is 5.70. The van der Waals surface area contributed by atoms with Crippen molar-refractivity contribution in [3.8, 4) is 0 Å². The Morgan fingerprint density at radius 2 is 1.34 bits per heavy atom. The summed E-state index contributed by atoms with van der Waals surface area (Å²) in [6.07, 6.45) is 14.4. The lowest BCUT2D eigenvalue weighted by Crippen LogP contribution is -2.34. The van der Waals surface area contributed by atoms with Crippen molar-refractivity contribution in [3.05, 3.63) is 28.8 Å². The topological polar surface area (TPSA) is 60.8 Å². The van der Waals surface area contributed by atoms with Gasteiger partial charge in [0.15, 0.2) is 0 Å². The molecule has 1 aromatic carbocycles. The van der Waals surface area contributed by atoms with Gasteiger partial charge in [-0.2, -0.15) is 0 Å². The van der Waals surface area contributed by atoms with E-state index in [2.05, 4.69) is 13.8 Å². The van der Waals surface area contributed by atoms with Crippen LogP contribution < -0.4 is 5.46 Å². The zero-order valence-corrected chi connectivity index (χ0v) is 19.1. The van der Waals surface area contributed by atoms with Crippen molar-refractivity contribution in [1.29, 1.82) is 0 Å². The fourth-order valence-electron chi connectivity index (χ4n) is 3.53. The molecule has 0 aromatic heterocycles. The van der Waals surface area contributed by atoms with Gasteiger partial charge in [-0.25, -0.2) is 0 Å². The number of hydrogen-bond donors (Lipinski definition) is 2. The van der Waals surface area contributed by atoms with Crippen LogP contribution in [0.2, 0.25) is 5.02 Å². The lowest BCUT2D eigenvalue weighted by atomic mass is 9.80. The van der Waals surface area contributed by atoms with Crippen LogP contribution in [0, 0.1) is 0 Å². The summed E-state index contributed by atoms with van der Waals surface area (Å²) in [5, 5.41) is 18.9. The lowest BCUT2D eigenvalue weighted by molar-refractivity contribution is 0.0749. The molecule has 0 unspecified atom stereocenters. The first-order valence-electron chi connectivity index (χ1n) is 11.5. The predicted molar refractivity (Wildman–Crippen MR) is 124 cm³/mol. The summed E-state index contributed by atoms with van der Waals surface area (Å²) in [6.45, 7) is 5.96. The third-order valence-electron chi connectivity index (χ3n) is 5.38. The Morgan fingerprint density at radius 3 is 1.79 bits per heavy atom. The Kier molecular flexibility index (Phi) is 14.1. The molecule has 0 radical (unpaired) electrons. The van der Waals surface area contributed by atoms with Crippen LogP contribution in [0.15, 0.2) is 18.2 Å². The van der Waals surface area contributed by atoms with Crippen LogP contribution in [0.25, 0.3) is 0 Å². The first-order chi connectivity index (χ1) is 14.0. The normalized spacial score (nSPS) is 10.9. The van der Waals surface area contributed by atoms with Crippen molar-refractivity contribution in [2.24, 2.45) is 0 Å². The summed E-state index contributed by atoms with van der Waals surface area (Å²) in [5.41, 5.74) is 0.734. The largest absolute Gasteiger partial charge is 0.489 e. The standard InChI is InChI=1S/C23H39BClNO3/c1-3-5-7-9-11-13-17-26(18-14-12-10-8-6-4-2)23(27)20-15-16-21(24(28)29)22(25)19-20/h15-16,19,28-29H,3-14,17-18H2,1-2H3. The molecule has 0 aliphatic heterocycles. The van der Waals surface area contributed by atoms with Gasteiger partial charge < -0.3 is 14.9 Å². The van der Waals surface area contributed by atoms with Gasteiger partial charge in [0.05, 0.1) is 0 Å². The quantitative estimate of drug-likeness (QED) is 0.284. The van der Waals surface area contributed by atoms with E-state index in [4.69, 9.17) is 11.6 Å². The van der Waals surface area contributed by atoms with Gasteiger partial charge >= 0.3 is 7.12 Å². The number of carbonyl (C=O) groups excluding carboxylic acids is 1. The maximum absolute atomic E-state index is 13.1. The smallest absolute Gasteiger partial charge is 0.423 e. The molecule has 1 rings (SSSR count). The molecule has 0 aliphatic rings. The van der Waals surface area contributed by atoms with Gasteiger partial charge in [-0.15, -0.1) is 0 Å². The minimum Gasteiger partial charge on any atom is -0.423 e. The Morgan fingerprint density at radius 1 is 0.862 bits per heavy atom. The van der Waals surface area contributed by atoms with Crippen molar-refractivity contribution in [1.82, 2.24) is 4.90 Å². The van der Waals surface area contributed by atoms with E-state index in [1.54, 1.807) is 12.1 Å². The molecule has 164 valence electrons. The van der Waals surface area contributed by atoms with Gasteiger partial charge in [0.25, 0.3) is 5.91 Å². The number of amides is 1. The molecular formula is C23H39BClNO3. The van der Waals surface area contributed by atoms with E-state index in [-0.39, 0.29) is 16.4 Å². The van der Waals surface area contributed by atoms with Crippen molar-refractivity contribution >= 4 is 30.1 Å². The van der Waals surface area contributed by atoms with E-state index in [0.29, 0.717) is 5.56 Å². The Bertz CT molecular complexity index is 567. The predicted octanol–water partition coefficient (Wildman–Crippen LogP) is 5.18. The molecule has 0 aliphatic carbocycles. The number of rotatable bonds is 16. The van der Waals surface area contributed by atoms with Crippen molar-refractivity contribution < 1.29 is 14.8 Å². The Labute approximate surface area is 182 Å². The zero-order valence-electron chi connectivity index (χ0n) is 18.3. The van der Waals surface area contributed by atoms with Gasteiger partial charge in [-0.1, -0.05) is 95.7 Å². The molecule has 0 spiro atoms. The van der Waals surface area contributed by atoms with E-state index in [1.165, 1.54) is 57.4 Å². The second kappa shape index (κ2) is 15.8. The van der Waals surface area contributed by atoms with Gasteiger partial charge in [0.2, 0.25) is 0 Å². The number of carbonyl (C=O) groups is 1. The lowest BCUT2D eigenvalue weighted by Gasteiger charge is -2.23. The van der Waals surface area contributed by atoms with E-state index < -0.39 is 7.12 Å². The van der Waals surface area contributed by atoms with Crippen molar-refractivity contribution in [3.63, 3.8) is 0 Å². The molecule has 1 amide bonds. The fourth-order valence-corrected chi connectivity index (χ4v) is 3.81. The highest BCUT2D eigenvalue weighted by molar-refractivity contribution is 6.62. The fraction of sp³-hybridized carbons (Fsp3) is 0.696. The Hall–Kier alpha value is -1.04. The minimum absolute atomic E-state index is 0.0204. The van der Waals surface area contributed by atoms with Crippen LogP contribution in [0.3, 0.4) is 0 Å². The van der Waals surface area contributed by atoms with Gasteiger partial charge in [0.1, 0.15) is 0 Å². The van der Waals surface area contributed by atoms with Crippen LogP contribution in [0.1, 0.15) is 101 Å². The van der Waals surface area contributed by atoms with Crippen LogP contribution in [0.5, 0.6) is 0 Å². The molecule has 29 heavy (non-hydrogen) atoms. The molecule has 0 heterocycles. The number of hydrogen-bond acceptors (Lipinski definition) is 3. The monoisotopic (exact) mass is 423 g/mol. The minimum atomic E-state index is -1.63. The SMILES string of the molecule is CCCCCCCCN(CCCCCCCC)C(=O)c1ccc(B(O)O)c(Cl)c1. The molecule has 6 heteroatoms. The molecule has 1 aromatic rings. The molecule has 0 bridgehead atoms. The van der Waals surface area contributed by atoms with Crippen molar-refractivity contribution in [2.75, 3.05) is 13.1 Å². The number of halogens is 1. The Balaban J connectivity index is 2.64. The van der Waals surface area contributed by atoms with Crippen LogP contribution in [-0.4, -0.2) is 41.1 Å². The summed E-state index contributed by atoms with van der Waals surface area (Å²) in [6, 6.07) is 4.71. The number of nitrogens with zero attached hydrogens (tertiary/aromatic N) is 1. The summed E-state index contributed by atoms with van der Waals surface area (Å²) in [7, 11) is -1.63. The highest BCUT2D eigenvalue weighted by Crippen LogP contribution is 2.15. The molecule has 0 atom stereocenters. The summed E-state index contributed by atoms with van der Waals surface area (Å²) >= 11 is 6.13. The average Bonchev–Trinajstić information content (AvgIpc) is 2.70. The maximum Gasteiger partial charge on any atom is 0.489 e. The third kappa shape index (κ3) is 10.5. The van der Waals surface area contributed by atoms with Gasteiger partial charge in [-0.05, 0) is 25.0 Å². The van der Waals surface area contributed by atoms with Crippen LogP contribution >= 0.6 is 11.6 Å². The second-order valence-electron chi connectivity index (χ2n) is 7.94. The molecule has 0 saturated heterocycles. The van der Waals surface area contributed by atoms with E-state index in [0.717, 1.165) is 38.8 Å². The zero-order chi connectivity index (χ0) is 21.5. The number of unbranched alkanes of at least 4 members (excludes halogenated alkanes) is 10. The van der Waals surface area contributed by atoms with Crippen LogP contribution in [0.4, 0.5) is 0 Å². The summed E-state index contributed by atoms with van der Waals surface area (Å²) in [4.78, 5) is 15.0. The molecule has 0 fully saturated rings. The first-order valence-corrected chi connectivity index (χ1v) is 11.8. The van der Waals surface area contributed by atoms with Crippen molar-refractivity contribution in [2.45, 2.75) is 90.9 Å². The maximum atomic E-state index is 13.1. The van der Waals surface area contributed by atoms with E-state index in [1.807, 2.05) is 4.90 Å². The average molecular weight is 424 g/mol. The molecular weight excluding hydrogens is 385 g/mol. The molecule has 0 saturated carbocycles. The molecule has 2 N–H and O–H groups in total. The first kappa shape index (κ1) is 26.0. The van der Waals surface area contributed by atoms with E-state index >= 15 is 0 Å². The summed E-state index contributed by atoms with van der Waals surface area (Å²) in [5.74, 6) is -0.0204. The highest BCUT2D eigenvalue weighted by Gasteiger charge is 2.20. The summed E-state index contributed by atoms with van der Waals surface area (Å²) < 4.78 is 0. The second-order valence-corrected chi connectivity index (χ2v) is 8.34. The van der Waals surface area contributed by atoms with Crippen LogP contribution in [-0.2, 0) is 0 Å². The van der Waals surface area contributed by atoms with Gasteiger partial charge in [-0.3, -0.25) is 4.79 Å².